The molecule has 0 radical (unpaired) electrons. The Morgan fingerprint density at radius 2 is 1.85 bits per heavy atom. The Balaban J connectivity index is 2.04. The van der Waals surface area contributed by atoms with Gasteiger partial charge in [-0.3, -0.25) is 4.68 Å². The van der Waals surface area contributed by atoms with Crippen LogP contribution in [0, 0.1) is 20.8 Å². The lowest BCUT2D eigenvalue weighted by atomic mass is 9.98. The second kappa shape index (κ2) is 5.06. The Morgan fingerprint density at radius 1 is 1.10 bits per heavy atom. The number of hydrogen-bond donors (Lipinski definition) is 1. The maximum Gasteiger partial charge on any atom is 0.0800 e. The van der Waals surface area contributed by atoms with Crippen LogP contribution in [0.15, 0.2) is 18.2 Å². The summed E-state index contributed by atoms with van der Waals surface area (Å²) in [5.74, 6) is 0. The van der Waals surface area contributed by atoms with Crippen molar-refractivity contribution in [2.75, 3.05) is 6.54 Å². The lowest BCUT2D eigenvalue weighted by Crippen LogP contribution is -2.13. The molecular weight excluding hydrogens is 246 g/mol. The van der Waals surface area contributed by atoms with Crippen molar-refractivity contribution in [2.24, 2.45) is 7.05 Å². The summed E-state index contributed by atoms with van der Waals surface area (Å²) < 4.78 is 2.02. The molecule has 1 aliphatic rings. The molecule has 0 aliphatic carbocycles. The number of aryl methyl sites for hydroxylation is 4. The van der Waals surface area contributed by atoms with E-state index in [9.17, 15) is 0 Å². The van der Waals surface area contributed by atoms with Crippen LogP contribution in [0.2, 0.25) is 0 Å². The summed E-state index contributed by atoms with van der Waals surface area (Å²) >= 11 is 0. The van der Waals surface area contributed by atoms with Gasteiger partial charge in [0.1, 0.15) is 0 Å². The summed E-state index contributed by atoms with van der Waals surface area (Å²) in [6, 6.07) is 7.24. The highest BCUT2D eigenvalue weighted by Crippen LogP contribution is 2.30. The van der Waals surface area contributed by atoms with Gasteiger partial charge in [-0.05, 0) is 69.0 Å². The standard InChI is InChI=1S/C17H23N3/c1-11-8-13(3)14(9-12(11)2)17-10-16(19-20(17)4)15-6-5-7-18-15/h8-10,15,18H,5-7H2,1-4H3. The largest absolute Gasteiger partial charge is 0.309 e. The van der Waals surface area contributed by atoms with Crippen molar-refractivity contribution in [3.63, 3.8) is 0 Å². The van der Waals surface area contributed by atoms with Gasteiger partial charge in [0.05, 0.1) is 17.4 Å². The fourth-order valence-electron chi connectivity index (χ4n) is 3.09. The summed E-state index contributed by atoms with van der Waals surface area (Å²) in [6.45, 7) is 7.64. The van der Waals surface area contributed by atoms with Crippen LogP contribution in [0.1, 0.15) is 41.3 Å². The molecule has 3 heteroatoms. The molecule has 3 nitrogen and oxygen atoms in total. The van der Waals surface area contributed by atoms with Gasteiger partial charge < -0.3 is 5.32 Å². The minimum atomic E-state index is 0.432. The molecule has 0 bridgehead atoms. The van der Waals surface area contributed by atoms with Crippen LogP contribution in [0.5, 0.6) is 0 Å². The fraction of sp³-hybridized carbons (Fsp3) is 0.471. The predicted octanol–water partition coefficient (Wildman–Crippen LogP) is 3.44. The molecule has 1 atom stereocenters. The van der Waals surface area contributed by atoms with E-state index in [1.165, 1.54) is 46.5 Å². The summed E-state index contributed by atoms with van der Waals surface area (Å²) in [6.07, 6.45) is 2.45. The van der Waals surface area contributed by atoms with E-state index in [0.29, 0.717) is 6.04 Å². The third-order valence-electron chi connectivity index (χ3n) is 4.43. The second-order valence-electron chi connectivity index (χ2n) is 5.98. The van der Waals surface area contributed by atoms with E-state index in [-0.39, 0.29) is 0 Å². The highest BCUT2D eigenvalue weighted by Gasteiger charge is 2.20. The van der Waals surface area contributed by atoms with Crippen LogP contribution >= 0.6 is 0 Å². The summed E-state index contributed by atoms with van der Waals surface area (Å²) in [5.41, 5.74) is 7.71. The highest BCUT2D eigenvalue weighted by molar-refractivity contribution is 5.66. The van der Waals surface area contributed by atoms with Crippen LogP contribution in [-0.2, 0) is 7.05 Å². The summed E-state index contributed by atoms with van der Waals surface area (Å²) in [4.78, 5) is 0. The molecule has 3 rings (SSSR count). The molecule has 1 aromatic carbocycles. The number of rotatable bonds is 2. The molecule has 20 heavy (non-hydrogen) atoms. The van der Waals surface area contributed by atoms with Crippen molar-refractivity contribution in [1.82, 2.24) is 15.1 Å². The molecule has 1 fully saturated rings. The quantitative estimate of drug-likeness (QED) is 0.905. The lowest BCUT2D eigenvalue weighted by Gasteiger charge is -2.09. The molecule has 1 aromatic heterocycles. The van der Waals surface area contributed by atoms with Crippen LogP contribution in [0.4, 0.5) is 0 Å². The van der Waals surface area contributed by atoms with Gasteiger partial charge in [0.15, 0.2) is 0 Å². The van der Waals surface area contributed by atoms with E-state index in [4.69, 9.17) is 5.10 Å². The van der Waals surface area contributed by atoms with E-state index in [2.05, 4.69) is 44.3 Å². The average molecular weight is 269 g/mol. The maximum atomic E-state index is 4.72. The van der Waals surface area contributed by atoms with E-state index in [1.54, 1.807) is 0 Å². The van der Waals surface area contributed by atoms with Gasteiger partial charge in [-0.2, -0.15) is 5.10 Å². The molecule has 1 saturated heterocycles. The van der Waals surface area contributed by atoms with Crippen LogP contribution < -0.4 is 5.32 Å². The molecule has 0 spiro atoms. The number of hydrogen-bond acceptors (Lipinski definition) is 2. The lowest BCUT2D eigenvalue weighted by molar-refractivity contribution is 0.607. The fourth-order valence-corrected chi connectivity index (χ4v) is 3.09. The molecule has 106 valence electrons. The minimum Gasteiger partial charge on any atom is -0.309 e. The van der Waals surface area contributed by atoms with Gasteiger partial charge in [0.2, 0.25) is 0 Å². The maximum absolute atomic E-state index is 4.72. The first-order valence-corrected chi connectivity index (χ1v) is 7.42. The zero-order valence-corrected chi connectivity index (χ0v) is 12.8. The second-order valence-corrected chi connectivity index (χ2v) is 5.98. The number of nitrogens with zero attached hydrogens (tertiary/aromatic N) is 2. The van der Waals surface area contributed by atoms with E-state index in [1.807, 2.05) is 11.7 Å². The van der Waals surface area contributed by atoms with Gasteiger partial charge in [0, 0.05) is 12.6 Å². The smallest absolute Gasteiger partial charge is 0.0800 e. The number of benzene rings is 1. The molecule has 0 amide bonds. The van der Waals surface area contributed by atoms with E-state index < -0.39 is 0 Å². The molecular formula is C17H23N3. The monoisotopic (exact) mass is 269 g/mol. The molecule has 2 aromatic rings. The highest BCUT2D eigenvalue weighted by atomic mass is 15.3. The van der Waals surface area contributed by atoms with Crippen LogP contribution in [-0.4, -0.2) is 16.3 Å². The Labute approximate surface area is 121 Å². The Bertz CT molecular complexity index is 634. The molecule has 1 aliphatic heterocycles. The number of aromatic nitrogens is 2. The van der Waals surface area contributed by atoms with Crippen LogP contribution in [0.3, 0.4) is 0 Å². The molecule has 1 unspecified atom stereocenters. The minimum absolute atomic E-state index is 0.432. The average Bonchev–Trinajstić information content (AvgIpc) is 3.03. The third kappa shape index (κ3) is 2.27. The Kier molecular flexibility index (Phi) is 3.38. The van der Waals surface area contributed by atoms with E-state index >= 15 is 0 Å². The van der Waals surface area contributed by atoms with Gasteiger partial charge in [-0.25, -0.2) is 0 Å². The van der Waals surface area contributed by atoms with Crippen molar-refractivity contribution >= 4 is 0 Å². The topological polar surface area (TPSA) is 29.9 Å². The van der Waals surface area contributed by atoms with Gasteiger partial charge in [-0.1, -0.05) is 6.07 Å². The predicted molar refractivity (Wildman–Crippen MR) is 82.8 cm³/mol. The van der Waals surface area contributed by atoms with Crippen molar-refractivity contribution in [3.05, 3.63) is 40.6 Å². The Hall–Kier alpha value is -1.61. The van der Waals surface area contributed by atoms with Crippen molar-refractivity contribution in [2.45, 2.75) is 39.7 Å². The van der Waals surface area contributed by atoms with Crippen molar-refractivity contribution < 1.29 is 0 Å². The van der Waals surface area contributed by atoms with Crippen LogP contribution in [0.25, 0.3) is 11.3 Å². The third-order valence-corrected chi connectivity index (χ3v) is 4.43. The van der Waals surface area contributed by atoms with Gasteiger partial charge in [-0.15, -0.1) is 0 Å². The van der Waals surface area contributed by atoms with Gasteiger partial charge >= 0.3 is 0 Å². The first kappa shape index (κ1) is 13.4. The molecule has 1 N–H and O–H groups in total. The van der Waals surface area contributed by atoms with Gasteiger partial charge in [0.25, 0.3) is 0 Å². The number of nitrogens with one attached hydrogen (secondary N) is 1. The summed E-state index contributed by atoms with van der Waals surface area (Å²) in [5, 5.41) is 8.24. The molecule has 0 saturated carbocycles. The van der Waals surface area contributed by atoms with Crippen molar-refractivity contribution in [1.29, 1.82) is 0 Å². The zero-order chi connectivity index (χ0) is 14.3. The first-order chi connectivity index (χ1) is 9.56. The molecule has 2 heterocycles. The van der Waals surface area contributed by atoms with Crippen molar-refractivity contribution in [3.8, 4) is 11.3 Å². The van der Waals surface area contributed by atoms with E-state index in [0.717, 1.165) is 6.54 Å². The Morgan fingerprint density at radius 3 is 2.55 bits per heavy atom. The normalized spacial score (nSPS) is 18.7. The zero-order valence-electron chi connectivity index (χ0n) is 12.8. The SMILES string of the molecule is Cc1cc(C)c(-c2cc(C3CCCN3)nn2C)cc1C. The first-order valence-electron chi connectivity index (χ1n) is 7.42. The summed E-state index contributed by atoms with van der Waals surface area (Å²) in [7, 11) is 2.04.